The third-order valence-electron chi connectivity index (χ3n) is 3.94. The first-order chi connectivity index (χ1) is 12.8. The Kier molecular flexibility index (Phi) is 7.53. The second-order valence-electron chi connectivity index (χ2n) is 6.65. The lowest BCUT2D eigenvalue weighted by molar-refractivity contribution is 0.0742. The van der Waals surface area contributed by atoms with Crippen LogP contribution in [0.3, 0.4) is 0 Å². The van der Waals surface area contributed by atoms with E-state index in [-0.39, 0.29) is 16.8 Å². The molecule has 1 amide bonds. The van der Waals surface area contributed by atoms with Gasteiger partial charge in [0, 0.05) is 24.7 Å². The molecule has 0 spiro atoms. The number of hydrogen-bond acceptors (Lipinski definition) is 4. The first-order valence-electron chi connectivity index (χ1n) is 8.99. The van der Waals surface area contributed by atoms with Crippen LogP contribution < -0.4 is 10.5 Å². The van der Waals surface area contributed by atoms with E-state index in [2.05, 4.69) is 4.72 Å². The highest BCUT2D eigenvalue weighted by Gasteiger charge is 2.19. The molecule has 7 heteroatoms. The van der Waals surface area contributed by atoms with Crippen LogP contribution in [0.25, 0.3) is 0 Å². The monoisotopic (exact) mass is 389 g/mol. The molecule has 0 fully saturated rings. The van der Waals surface area contributed by atoms with Crippen LogP contribution in [-0.4, -0.2) is 38.4 Å². The highest BCUT2D eigenvalue weighted by atomic mass is 32.2. The molecule has 0 unspecified atom stereocenters. The smallest absolute Gasteiger partial charge is 0.254 e. The number of nitrogens with one attached hydrogen (secondary N) is 1. The van der Waals surface area contributed by atoms with Crippen molar-refractivity contribution in [3.63, 3.8) is 0 Å². The van der Waals surface area contributed by atoms with E-state index >= 15 is 0 Å². The summed E-state index contributed by atoms with van der Waals surface area (Å²) in [5, 5.41) is 0. The Morgan fingerprint density at radius 3 is 2.26 bits per heavy atom. The molecule has 3 N–H and O–H groups in total. The Morgan fingerprint density at radius 1 is 1.07 bits per heavy atom. The van der Waals surface area contributed by atoms with Crippen molar-refractivity contribution < 1.29 is 13.2 Å². The zero-order valence-corrected chi connectivity index (χ0v) is 16.6. The molecule has 6 nitrogen and oxygen atoms in total. The minimum absolute atomic E-state index is 0.143. The number of carbonyl (C=O) groups excluding carboxylic acids is 1. The van der Waals surface area contributed by atoms with Crippen molar-refractivity contribution in [1.29, 1.82) is 0 Å². The van der Waals surface area contributed by atoms with Crippen molar-refractivity contribution in [2.24, 2.45) is 5.73 Å². The Hall–Kier alpha value is -2.22. The maximum Gasteiger partial charge on any atom is 0.254 e. The number of rotatable bonds is 9. The molecule has 146 valence electrons. The standard InChI is InChI=1S/C20H27N3O3S/c1-16(2)22-27(25,26)19-11-9-18(10-12-19)20(24)23(14-6-13-21)15-17-7-4-3-5-8-17/h3-5,7-12,16,22H,6,13-15,21H2,1-2H3. The van der Waals surface area contributed by atoms with Crippen molar-refractivity contribution in [3.05, 3.63) is 65.7 Å². The molecule has 0 aliphatic heterocycles. The molecule has 2 aromatic carbocycles. The second-order valence-corrected chi connectivity index (χ2v) is 8.37. The molecule has 0 saturated carbocycles. The SMILES string of the molecule is CC(C)NS(=O)(=O)c1ccc(C(=O)N(CCCN)Cc2ccccc2)cc1. The van der Waals surface area contributed by atoms with Gasteiger partial charge in [-0.2, -0.15) is 0 Å². The predicted octanol–water partition coefficient (Wildman–Crippen LogP) is 2.36. The summed E-state index contributed by atoms with van der Waals surface area (Å²) in [4.78, 5) is 14.8. The molecule has 2 rings (SSSR count). The number of benzene rings is 2. The number of amides is 1. The van der Waals surface area contributed by atoms with Gasteiger partial charge in [-0.15, -0.1) is 0 Å². The summed E-state index contributed by atoms with van der Waals surface area (Å²) in [6, 6.07) is 15.6. The maximum atomic E-state index is 12.9. The fourth-order valence-electron chi connectivity index (χ4n) is 2.68. The lowest BCUT2D eigenvalue weighted by Gasteiger charge is -2.23. The quantitative estimate of drug-likeness (QED) is 0.689. The van der Waals surface area contributed by atoms with Gasteiger partial charge in [0.25, 0.3) is 5.91 Å². The van der Waals surface area contributed by atoms with Gasteiger partial charge in [-0.25, -0.2) is 13.1 Å². The molecule has 0 heterocycles. The van der Waals surface area contributed by atoms with E-state index in [0.717, 1.165) is 5.56 Å². The van der Waals surface area contributed by atoms with Crippen LogP contribution in [0.15, 0.2) is 59.5 Å². The van der Waals surface area contributed by atoms with Gasteiger partial charge >= 0.3 is 0 Å². The average molecular weight is 390 g/mol. The average Bonchev–Trinajstić information content (AvgIpc) is 2.64. The summed E-state index contributed by atoms with van der Waals surface area (Å²) in [6.45, 7) is 5.03. The van der Waals surface area contributed by atoms with Crippen LogP contribution >= 0.6 is 0 Å². The Bertz CT molecular complexity index is 835. The molecule has 27 heavy (non-hydrogen) atoms. The van der Waals surface area contributed by atoms with Gasteiger partial charge in [0.1, 0.15) is 0 Å². The summed E-state index contributed by atoms with van der Waals surface area (Å²) in [7, 11) is -3.58. The third kappa shape index (κ3) is 6.16. The van der Waals surface area contributed by atoms with E-state index in [1.165, 1.54) is 12.1 Å². The fourth-order valence-corrected chi connectivity index (χ4v) is 3.93. The van der Waals surface area contributed by atoms with E-state index in [4.69, 9.17) is 5.73 Å². The number of carbonyl (C=O) groups is 1. The molecule has 0 aromatic heterocycles. The van der Waals surface area contributed by atoms with Crippen molar-refractivity contribution in [2.45, 2.75) is 37.8 Å². The summed E-state index contributed by atoms with van der Waals surface area (Å²) >= 11 is 0. The molecule has 0 aliphatic carbocycles. The second kappa shape index (κ2) is 9.64. The lowest BCUT2D eigenvalue weighted by atomic mass is 10.1. The van der Waals surface area contributed by atoms with Crippen molar-refractivity contribution in [1.82, 2.24) is 9.62 Å². The number of hydrogen-bond donors (Lipinski definition) is 2. The first kappa shape index (κ1) is 21.1. The van der Waals surface area contributed by atoms with Gasteiger partial charge in [-0.05, 0) is 56.6 Å². The highest BCUT2D eigenvalue weighted by molar-refractivity contribution is 7.89. The van der Waals surface area contributed by atoms with Gasteiger partial charge in [0.05, 0.1) is 4.90 Å². The van der Waals surface area contributed by atoms with Crippen LogP contribution in [0.2, 0.25) is 0 Å². The zero-order valence-electron chi connectivity index (χ0n) is 15.8. The topological polar surface area (TPSA) is 92.5 Å². The van der Waals surface area contributed by atoms with Crippen molar-refractivity contribution in [2.75, 3.05) is 13.1 Å². The molecular weight excluding hydrogens is 362 g/mol. The molecule has 0 aliphatic rings. The van der Waals surface area contributed by atoms with Crippen LogP contribution in [0.4, 0.5) is 0 Å². The van der Waals surface area contributed by atoms with E-state index in [9.17, 15) is 13.2 Å². The van der Waals surface area contributed by atoms with Gasteiger partial charge in [-0.3, -0.25) is 4.79 Å². The number of nitrogens with zero attached hydrogens (tertiary/aromatic N) is 1. The summed E-state index contributed by atoms with van der Waals surface area (Å²) < 4.78 is 27.0. The van der Waals surface area contributed by atoms with E-state index < -0.39 is 10.0 Å². The Morgan fingerprint density at radius 2 is 1.70 bits per heavy atom. The molecule has 0 atom stereocenters. The Balaban J connectivity index is 2.19. The van der Waals surface area contributed by atoms with Crippen molar-refractivity contribution >= 4 is 15.9 Å². The molecule has 0 bridgehead atoms. The molecule has 0 radical (unpaired) electrons. The lowest BCUT2D eigenvalue weighted by Crippen LogP contribution is -2.33. The number of sulfonamides is 1. The minimum atomic E-state index is -3.58. The maximum absolute atomic E-state index is 12.9. The summed E-state index contributed by atoms with van der Waals surface area (Å²) in [5.74, 6) is -0.145. The molecular formula is C20H27N3O3S. The van der Waals surface area contributed by atoms with Gasteiger partial charge in [-0.1, -0.05) is 30.3 Å². The normalized spacial score (nSPS) is 11.6. The molecule has 0 saturated heterocycles. The highest BCUT2D eigenvalue weighted by Crippen LogP contribution is 2.15. The summed E-state index contributed by atoms with van der Waals surface area (Å²) in [5.41, 5.74) is 7.09. The summed E-state index contributed by atoms with van der Waals surface area (Å²) in [6.07, 6.45) is 0.698. The Labute approximate surface area is 161 Å². The van der Waals surface area contributed by atoms with Crippen LogP contribution in [0.5, 0.6) is 0 Å². The van der Waals surface area contributed by atoms with E-state index in [1.54, 1.807) is 30.9 Å². The van der Waals surface area contributed by atoms with Crippen molar-refractivity contribution in [3.8, 4) is 0 Å². The van der Waals surface area contributed by atoms with Gasteiger partial charge < -0.3 is 10.6 Å². The van der Waals surface area contributed by atoms with Gasteiger partial charge in [0.15, 0.2) is 0 Å². The van der Waals surface area contributed by atoms with Crippen LogP contribution in [-0.2, 0) is 16.6 Å². The van der Waals surface area contributed by atoms with Crippen LogP contribution in [0, 0.1) is 0 Å². The van der Waals surface area contributed by atoms with E-state index in [1.807, 2.05) is 30.3 Å². The predicted molar refractivity (Wildman–Crippen MR) is 107 cm³/mol. The number of nitrogens with two attached hydrogens (primary N) is 1. The largest absolute Gasteiger partial charge is 0.334 e. The van der Waals surface area contributed by atoms with E-state index in [0.29, 0.717) is 31.6 Å². The zero-order chi connectivity index (χ0) is 19.9. The molecule has 2 aromatic rings. The van der Waals surface area contributed by atoms with Gasteiger partial charge in [0.2, 0.25) is 10.0 Å². The minimum Gasteiger partial charge on any atom is -0.334 e. The van der Waals surface area contributed by atoms with Crippen LogP contribution in [0.1, 0.15) is 36.2 Å². The first-order valence-corrected chi connectivity index (χ1v) is 10.5. The third-order valence-corrected chi connectivity index (χ3v) is 5.61. The fraction of sp³-hybridized carbons (Fsp3) is 0.350.